The van der Waals surface area contributed by atoms with E-state index >= 15 is 0 Å². The second-order valence-electron chi connectivity index (χ2n) is 6.24. The van der Waals surface area contributed by atoms with Gasteiger partial charge in [0.05, 0.1) is 12.7 Å². The SMILES string of the molecule is COC(=O)c1ccc2c(C=O)cn(Cc3ccc4ccccc4c3)c2c1. The van der Waals surface area contributed by atoms with E-state index in [9.17, 15) is 9.59 Å². The number of aldehydes is 1. The van der Waals surface area contributed by atoms with E-state index in [1.165, 1.54) is 17.9 Å². The van der Waals surface area contributed by atoms with Crippen LogP contribution in [-0.4, -0.2) is 23.9 Å². The average molecular weight is 343 g/mol. The summed E-state index contributed by atoms with van der Waals surface area (Å²) >= 11 is 0. The minimum Gasteiger partial charge on any atom is -0.465 e. The molecule has 0 radical (unpaired) electrons. The molecule has 1 heterocycles. The molecule has 0 bridgehead atoms. The Bertz CT molecular complexity index is 1140. The summed E-state index contributed by atoms with van der Waals surface area (Å²) in [5, 5.41) is 3.19. The number of nitrogens with zero attached hydrogens (tertiary/aromatic N) is 1. The Morgan fingerprint density at radius 1 is 1.04 bits per heavy atom. The van der Waals surface area contributed by atoms with Crippen LogP contribution in [0.5, 0.6) is 0 Å². The molecule has 3 aromatic carbocycles. The number of fused-ring (bicyclic) bond motifs is 2. The summed E-state index contributed by atoms with van der Waals surface area (Å²) in [5.41, 5.74) is 3.04. The van der Waals surface area contributed by atoms with Gasteiger partial charge in [-0.2, -0.15) is 0 Å². The highest BCUT2D eigenvalue weighted by atomic mass is 16.5. The quantitative estimate of drug-likeness (QED) is 0.406. The third-order valence-corrected chi connectivity index (χ3v) is 4.63. The first kappa shape index (κ1) is 16.1. The number of esters is 1. The van der Waals surface area contributed by atoms with Crippen LogP contribution in [0, 0.1) is 0 Å². The van der Waals surface area contributed by atoms with Crippen LogP contribution < -0.4 is 0 Å². The highest BCUT2D eigenvalue weighted by Gasteiger charge is 2.13. The number of methoxy groups -OCH3 is 1. The summed E-state index contributed by atoms with van der Waals surface area (Å²) in [6, 6.07) is 19.8. The summed E-state index contributed by atoms with van der Waals surface area (Å²) in [5.74, 6) is -0.391. The molecule has 4 rings (SSSR count). The van der Waals surface area contributed by atoms with Crippen LogP contribution in [0.15, 0.2) is 66.9 Å². The fourth-order valence-corrected chi connectivity index (χ4v) is 3.32. The molecule has 4 aromatic rings. The number of hydrogen-bond acceptors (Lipinski definition) is 3. The first-order chi connectivity index (χ1) is 12.7. The number of hydrogen-bond donors (Lipinski definition) is 0. The Kier molecular flexibility index (Phi) is 4.01. The predicted octanol–water partition coefficient (Wildman–Crippen LogP) is 4.44. The molecule has 0 aliphatic carbocycles. The van der Waals surface area contributed by atoms with Crippen LogP contribution in [0.4, 0.5) is 0 Å². The van der Waals surface area contributed by atoms with E-state index < -0.39 is 5.97 Å². The van der Waals surface area contributed by atoms with Gasteiger partial charge in [-0.1, -0.05) is 42.5 Å². The molecule has 128 valence electrons. The van der Waals surface area contributed by atoms with Gasteiger partial charge < -0.3 is 9.30 Å². The van der Waals surface area contributed by atoms with Crippen molar-refractivity contribution in [1.29, 1.82) is 0 Å². The zero-order valence-electron chi connectivity index (χ0n) is 14.3. The Balaban J connectivity index is 1.81. The summed E-state index contributed by atoms with van der Waals surface area (Å²) in [6.45, 7) is 0.611. The molecular weight excluding hydrogens is 326 g/mol. The predicted molar refractivity (Wildman–Crippen MR) is 102 cm³/mol. The molecule has 0 atom stereocenters. The summed E-state index contributed by atoms with van der Waals surface area (Å²) in [6.07, 6.45) is 2.67. The van der Waals surface area contributed by atoms with E-state index in [2.05, 4.69) is 30.3 Å². The lowest BCUT2D eigenvalue weighted by Gasteiger charge is -2.08. The van der Waals surface area contributed by atoms with Crippen LogP contribution >= 0.6 is 0 Å². The van der Waals surface area contributed by atoms with Crippen molar-refractivity contribution in [3.63, 3.8) is 0 Å². The van der Waals surface area contributed by atoms with E-state index in [-0.39, 0.29) is 0 Å². The number of carbonyl (C=O) groups is 2. The molecular formula is C22H17NO3. The van der Waals surface area contributed by atoms with Gasteiger partial charge in [0, 0.05) is 29.2 Å². The van der Waals surface area contributed by atoms with Crippen molar-refractivity contribution in [2.45, 2.75) is 6.54 Å². The van der Waals surface area contributed by atoms with Crippen LogP contribution in [0.1, 0.15) is 26.3 Å². The van der Waals surface area contributed by atoms with Crippen molar-refractivity contribution in [1.82, 2.24) is 4.57 Å². The largest absolute Gasteiger partial charge is 0.465 e. The van der Waals surface area contributed by atoms with E-state index in [0.29, 0.717) is 17.7 Å². The van der Waals surface area contributed by atoms with E-state index in [1.807, 2.05) is 22.9 Å². The summed E-state index contributed by atoms with van der Waals surface area (Å²) < 4.78 is 6.80. The minimum absolute atomic E-state index is 0.391. The Morgan fingerprint density at radius 2 is 1.85 bits per heavy atom. The lowest BCUT2D eigenvalue weighted by Crippen LogP contribution is -2.02. The van der Waals surface area contributed by atoms with Crippen LogP contribution in [-0.2, 0) is 11.3 Å². The molecule has 0 aliphatic heterocycles. The second kappa shape index (κ2) is 6.48. The number of aromatic nitrogens is 1. The minimum atomic E-state index is -0.391. The molecule has 0 aliphatic rings. The van der Waals surface area contributed by atoms with Crippen molar-refractivity contribution in [3.05, 3.63) is 83.6 Å². The van der Waals surface area contributed by atoms with Gasteiger partial charge in [-0.3, -0.25) is 4.79 Å². The maximum absolute atomic E-state index is 11.8. The second-order valence-corrected chi connectivity index (χ2v) is 6.24. The number of ether oxygens (including phenoxy) is 1. The molecule has 4 heteroatoms. The molecule has 0 spiro atoms. The van der Waals surface area contributed by atoms with Gasteiger partial charge in [0.25, 0.3) is 0 Å². The summed E-state index contributed by atoms with van der Waals surface area (Å²) in [7, 11) is 1.36. The topological polar surface area (TPSA) is 48.3 Å². The van der Waals surface area contributed by atoms with Crippen LogP contribution in [0.25, 0.3) is 21.7 Å². The van der Waals surface area contributed by atoms with Gasteiger partial charge in [-0.15, -0.1) is 0 Å². The first-order valence-corrected chi connectivity index (χ1v) is 8.33. The van der Waals surface area contributed by atoms with E-state index in [1.54, 1.807) is 18.2 Å². The molecule has 0 fully saturated rings. The lowest BCUT2D eigenvalue weighted by molar-refractivity contribution is 0.0601. The molecule has 0 saturated carbocycles. The molecule has 4 nitrogen and oxygen atoms in total. The third kappa shape index (κ3) is 2.75. The maximum atomic E-state index is 11.8. The Labute approximate surface area is 150 Å². The molecule has 0 unspecified atom stereocenters. The van der Waals surface area contributed by atoms with Crippen LogP contribution in [0.3, 0.4) is 0 Å². The van der Waals surface area contributed by atoms with E-state index in [4.69, 9.17) is 4.74 Å². The zero-order chi connectivity index (χ0) is 18.1. The number of benzene rings is 3. The Hall–Kier alpha value is -3.40. The molecule has 26 heavy (non-hydrogen) atoms. The number of rotatable bonds is 4. The summed E-state index contributed by atoms with van der Waals surface area (Å²) in [4.78, 5) is 23.3. The van der Waals surface area contributed by atoms with Gasteiger partial charge >= 0.3 is 5.97 Å². The molecule has 0 amide bonds. The monoisotopic (exact) mass is 343 g/mol. The van der Waals surface area contributed by atoms with Gasteiger partial charge in [0.15, 0.2) is 6.29 Å². The van der Waals surface area contributed by atoms with Crippen LogP contribution in [0.2, 0.25) is 0 Å². The fourth-order valence-electron chi connectivity index (χ4n) is 3.32. The van der Waals surface area contributed by atoms with Crippen molar-refractivity contribution < 1.29 is 14.3 Å². The van der Waals surface area contributed by atoms with Gasteiger partial charge in [-0.25, -0.2) is 4.79 Å². The van der Waals surface area contributed by atoms with Crippen molar-refractivity contribution in [2.24, 2.45) is 0 Å². The van der Waals surface area contributed by atoms with Gasteiger partial charge in [0.2, 0.25) is 0 Å². The van der Waals surface area contributed by atoms with Crippen molar-refractivity contribution in [2.75, 3.05) is 7.11 Å². The van der Waals surface area contributed by atoms with Crippen molar-refractivity contribution in [3.8, 4) is 0 Å². The fraction of sp³-hybridized carbons (Fsp3) is 0.0909. The van der Waals surface area contributed by atoms with Gasteiger partial charge in [0.1, 0.15) is 0 Å². The average Bonchev–Trinajstić information content (AvgIpc) is 3.04. The standard InChI is InChI=1S/C22H17NO3/c1-26-22(25)18-8-9-20-19(14-24)13-23(21(20)11-18)12-15-6-7-16-4-2-3-5-17(16)10-15/h2-11,13-14H,12H2,1H3. The Morgan fingerprint density at radius 3 is 2.62 bits per heavy atom. The molecule has 0 saturated heterocycles. The number of carbonyl (C=O) groups excluding carboxylic acids is 2. The normalized spacial score (nSPS) is 11.0. The highest BCUT2D eigenvalue weighted by Crippen LogP contribution is 2.24. The zero-order valence-corrected chi connectivity index (χ0v) is 14.3. The lowest BCUT2D eigenvalue weighted by atomic mass is 10.1. The van der Waals surface area contributed by atoms with Gasteiger partial charge in [-0.05, 0) is 34.5 Å². The maximum Gasteiger partial charge on any atom is 0.337 e. The smallest absolute Gasteiger partial charge is 0.337 e. The molecule has 1 aromatic heterocycles. The third-order valence-electron chi connectivity index (χ3n) is 4.63. The van der Waals surface area contributed by atoms with Crippen molar-refractivity contribution >= 4 is 33.9 Å². The molecule has 0 N–H and O–H groups in total. The van der Waals surface area contributed by atoms with E-state index in [0.717, 1.165) is 22.8 Å². The highest BCUT2D eigenvalue weighted by molar-refractivity contribution is 6.01. The first-order valence-electron chi connectivity index (χ1n) is 8.33.